The molecule has 3 nitrogen and oxygen atoms in total. The maximum atomic E-state index is 9.36. The van der Waals surface area contributed by atoms with E-state index in [9.17, 15) is 5.11 Å². The summed E-state index contributed by atoms with van der Waals surface area (Å²) in [6.07, 6.45) is 7.89. The average Bonchev–Trinajstić information content (AvgIpc) is 2.96. The van der Waals surface area contributed by atoms with Gasteiger partial charge >= 0.3 is 0 Å². The van der Waals surface area contributed by atoms with Crippen LogP contribution in [0.3, 0.4) is 0 Å². The van der Waals surface area contributed by atoms with Gasteiger partial charge in [-0.15, -0.1) is 0 Å². The Morgan fingerprint density at radius 3 is 2.76 bits per heavy atom. The molecule has 0 radical (unpaired) electrons. The molecule has 17 heavy (non-hydrogen) atoms. The van der Waals surface area contributed by atoms with Gasteiger partial charge in [-0.25, -0.2) is 0 Å². The number of hydrogen-bond donors (Lipinski definition) is 2. The molecule has 0 amide bonds. The summed E-state index contributed by atoms with van der Waals surface area (Å²) in [5.74, 6) is 0.514. The highest BCUT2D eigenvalue weighted by Crippen LogP contribution is 2.34. The molecule has 1 aliphatic heterocycles. The molecular formula is C14H26N2O. The van der Waals surface area contributed by atoms with Gasteiger partial charge in [-0.3, -0.25) is 4.90 Å². The Bertz CT molecular complexity index is 267. The molecule has 1 heterocycles. The lowest BCUT2D eigenvalue weighted by atomic mass is 10.0. The summed E-state index contributed by atoms with van der Waals surface area (Å²) in [4.78, 5) is 2.70. The van der Waals surface area contributed by atoms with Crippen molar-refractivity contribution in [3.63, 3.8) is 0 Å². The summed E-state index contributed by atoms with van der Waals surface area (Å²) in [7, 11) is 0. The predicted octanol–water partition coefficient (Wildman–Crippen LogP) is 1.36. The van der Waals surface area contributed by atoms with Crippen LogP contribution >= 0.6 is 0 Å². The zero-order valence-corrected chi connectivity index (χ0v) is 10.9. The monoisotopic (exact) mass is 238 g/mol. The summed E-state index contributed by atoms with van der Waals surface area (Å²) < 4.78 is 0. The molecule has 0 aromatic rings. The number of aliphatic hydroxyl groups is 1. The normalized spacial score (nSPS) is 43.4. The van der Waals surface area contributed by atoms with Crippen molar-refractivity contribution in [2.45, 2.75) is 69.6 Å². The molecule has 3 rings (SSSR count). The van der Waals surface area contributed by atoms with Crippen molar-refractivity contribution in [3.05, 3.63) is 0 Å². The molecule has 98 valence electrons. The molecule has 2 aliphatic carbocycles. The molecule has 0 bridgehead atoms. The fourth-order valence-electron chi connectivity index (χ4n) is 3.87. The first-order chi connectivity index (χ1) is 8.28. The molecule has 0 aromatic carbocycles. The number of hydrogen-bond acceptors (Lipinski definition) is 3. The summed E-state index contributed by atoms with van der Waals surface area (Å²) in [6, 6.07) is 2.90. The second-order valence-corrected chi connectivity index (χ2v) is 6.36. The molecule has 1 saturated heterocycles. The Hall–Kier alpha value is -0.120. The third kappa shape index (κ3) is 2.51. The van der Waals surface area contributed by atoms with E-state index in [4.69, 9.17) is 0 Å². The van der Waals surface area contributed by atoms with E-state index in [-0.39, 0.29) is 0 Å². The molecule has 3 heteroatoms. The molecule has 0 aromatic heterocycles. The average molecular weight is 238 g/mol. The predicted molar refractivity (Wildman–Crippen MR) is 68.9 cm³/mol. The van der Waals surface area contributed by atoms with Gasteiger partial charge in [0.25, 0.3) is 0 Å². The molecule has 4 atom stereocenters. The minimum Gasteiger partial charge on any atom is -0.396 e. The molecule has 3 aliphatic rings. The van der Waals surface area contributed by atoms with E-state index < -0.39 is 0 Å². The first-order valence-corrected chi connectivity index (χ1v) is 7.40. The molecule has 3 fully saturated rings. The summed E-state index contributed by atoms with van der Waals surface area (Å²) in [6.45, 7) is 3.98. The Kier molecular flexibility index (Phi) is 3.42. The van der Waals surface area contributed by atoms with E-state index in [0.717, 1.165) is 12.1 Å². The number of likely N-dealkylation sites (tertiary alicyclic amines) is 1. The van der Waals surface area contributed by atoms with Gasteiger partial charge < -0.3 is 10.4 Å². The quantitative estimate of drug-likeness (QED) is 0.776. The van der Waals surface area contributed by atoms with Crippen molar-refractivity contribution < 1.29 is 5.11 Å². The highest BCUT2D eigenvalue weighted by Gasteiger charge is 2.40. The van der Waals surface area contributed by atoms with Gasteiger partial charge in [-0.1, -0.05) is 6.42 Å². The third-order valence-corrected chi connectivity index (χ3v) is 4.98. The topological polar surface area (TPSA) is 35.5 Å². The number of rotatable bonds is 4. The second-order valence-electron chi connectivity index (χ2n) is 6.36. The van der Waals surface area contributed by atoms with Crippen molar-refractivity contribution in [2.24, 2.45) is 5.92 Å². The molecule has 2 N–H and O–H groups in total. The van der Waals surface area contributed by atoms with Crippen LogP contribution in [0, 0.1) is 5.92 Å². The Labute approximate surface area is 105 Å². The molecule has 4 unspecified atom stereocenters. The summed E-state index contributed by atoms with van der Waals surface area (Å²) in [5.41, 5.74) is 0. The Morgan fingerprint density at radius 1 is 1.24 bits per heavy atom. The summed E-state index contributed by atoms with van der Waals surface area (Å²) >= 11 is 0. The number of nitrogens with zero attached hydrogens (tertiary/aromatic N) is 1. The van der Waals surface area contributed by atoms with Gasteiger partial charge in [0.1, 0.15) is 0 Å². The van der Waals surface area contributed by atoms with Crippen LogP contribution in [0.2, 0.25) is 0 Å². The minimum atomic E-state index is 0.367. The van der Waals surface area contributed by atoms with E-state index in [0.29, 0.717) is 24.6 Å². The van der Waals surface area contributed by atoms with Crippen LogP contribution in [0.1, 0.15) is 45.4 Å². The maximum absolute atomic E-state index is 9.36. The van der Waals surface area contributed by atoms with Crippen molar-refractivity contribution in [2.75, 3.05) is 13.2 Å². The van der Waals surface area contributed by atoms with E-state index in [2.05, 4.69) is 17.1 Å². The van der Waals surface area contributed by atoms with Gasteiger partial charge in [0.15, 0.2) is 0 Å². The van der Waals surface area contributed by atoms with Crippen molar-refractivity contribution >= 4 is 0 Å². The standard InChI is InChI=1S/C14H26N2O/c1-10-7-12(8-16(10)13-5-6-13)15-14-4-2-3-11(14)9-17/h10-15,17H,2-9H2,1H3. The van der Waals surface area contributed by atoms with Gasteiger partial charge in [0.05, 0.1) is 0 Å². The van der Waals surface area contributed by atoms with Crippen LogP contribution in [0.4, 0.5) is 0 Å². The Balaban J connectivity index is 1.52. The largest absolute Gasteiger partial charge is 0.396 e. The van der Waals surface area contributed by atoms with Crippen LogP contribution in [0.5, 0.6) is 0 Å². The smallest absolute Gasteiger partial charge is 0.0474 e. The van der Waals surface area contributed by atoms with Gasteiger partial charge in [0, 0.05) is 37.3 Å². The van der Waals surface area contributed by atoms with Gasteiger partial charge in [-0.05, 0) is 44.9 Å². The molecular weight excluding hydrogens is 212 g/mol. The summed E-state index contributed by atoms with van der Waals surface area (Å²) in [5, 5.41) is 13.2. The fourth-order valence-corrected chi connectivity index (χ4v) is 3.87. The van der Waals surface area contributed by atoms with E-state index in [1.165, 1.54) is 45.1 Å². The maximum Gasteiger partial charge on any atom is 0.0474 e. The van der Waals surface area contributed by atoms with Crippen LogP contribution in [0.15, 0.2) is 0 Å². The highest BCUT2D eigenvalue weighted by molar-refractivity contribution is 4.97. The Morgan fingerprint density at radius 2 is 2.06 bits per heavy atom. The molecule has 2 saturated carbocycles. The van der Waals surface area contributed by atoms with E-state index in [1.54, 1.807) is 0 Å². The SMILES string of the molecule is CC1CC(NC2CCCC2CO)CN1C1CC1. The van der Waals surface area contributed by atoms with Crippen molar-refractivity contribution in [3.8, 4) is 0 Å². The van der Waals surface area contributed by atoms with Crippen LogP contribution in [0.25, 0.3) is 0 Å². The van der Waals surface area contributed by atoms with Crippen molar-refractivity contribution in [1.29, 1.82) is 0 Å². The fraction of sp³-hybridized carbons (Fsp3) is 1.00. The first-order valence-electron chi connectivity index (χ1n) is 7.40. The van der Waals surface area contributed by atoms with Gasteiger partial charge in [0.2, 0.25) is 0 Å². The highest BCUT2D eigenvalue weighted by atomic mass is 16.3. The molecule has 0 spiro atoms. The minimum absolute atomic E-state index is 0.367. The number of nitrogens with one attached hydrogen (secondary N) is 1. The van der Waals surface area contributed by atoms with Crippen LogP contribution in [-0.2, 0) is 0 Å². The van der Waals surface area contributed by atoms with E-state index >= 15 is 0 Å². The lowest BCUT2D eigenvalue weighted by Gasteiger charge is -2.24. The van der Waals surface area contributed by atoms with E-state index in [1.807, 2.05) is 0 Å². The lowest BCUT2D eigenvalue weighted by Crippen LogP contribution is -2.43. The zero-order valence-electron chi connectivity index (χ0n) is 10.9. The van der Waals surface area contributed by atoms with Crippen molar-refractivity contribution in [1.82, 2.24) is 10.2 Å². The first kappa shape index (κ1) is 11.9. The number of aliphatic hydroxyl groups excluding tert-OH is 1. The zero-order chi connectivity index (χ0) is 11.8. The lowest BCUT2D eigenvalue weighted by molar-refractivity contribution is 0.198. The van der Waals surface area contributed by atoms with Crippen LogP contribution in [-0.4, -0.2) is 47.3 Å². The second kappa shape index (κ2) is 4.87. The van der Waals surface area contributed by atoms with Gasteiger partial charge in [-0.2, -0.15) is 0 Å². The van der Waals surface area contributed by atoms with Crippen LogP contribution < -0.4 is 5.32 Å². The third-order valence-electron chi connectivity index (χ3n) is 4.98.